The maximum atomic E-state index is 12.3. The molecule has 2 aliphatic rings. The number of likely N-dealkylation sites (tertiary alicyclic amines) is 1. The van der Waals surface area contributed by atoms with Gasteiger partial charge in [-0.05, 0) is 57.3 Å². The number of ether oxygens (including phenoxy) is 3. The van der Waals surface area contributed by atoms with Crippen molar-refractivity contribution in [2.24, 2.45) is 17.8 Å². The van der Waals surface area contributed by atoms with Gasteiger partial charge >= 0.3 is 18.0 Å². The third-order valence-corrected chi connectivity index (χ3v) is 5.27. The summed E-state index contributed by atoms with van der Waals surface area (Å²) in [5, 5.41) is 0. The summed E-state index contributed by atoms with van der Waals surface area (Å²) in [5.74, 6) is 0.246. The van der Waals surface area contributed by atoms with Crippen LogP contribution in [-0.2, 0) is 23.8 Å². The smallest absolute Gasteiger partial charge is 0.410 e. The molecule has 1 unspecified atom stereocenters. The van der Waals surface area contributed by atoms with Gasteiger partial charge in [0, 0.05) is 12.6 Å². The number of methoxy groups -OCH3 is 1. The summed E-state index contributed by atoms with van der Waals surface area (Å²) in [7, 11) is 1.33. The number of fused-ring (bicyclic) bond motifs is 1. The number of hydrogen-bond donors (Lipinski definition) is 0. The van der Waals surface area contributed by atoms with Crippen molar-refractivity contribution in [1.82, 2.24) is 4.90 Å². The molecule has 0 spiro atoms. The average molecular weight is 367 g/mol. The maximum absolute atomic E-state index is 12.3. The number of allylic oxidation sites excluding steroid dienone is 1. The first kappa shape index (κ1) is 20.3. The molecule has 2 fully saturated rings. The Kier molecular flexibility index (Phi) is 7.48. The zero-order valence-corrected chi connectivity index (χ0v) is 15.8. The molecule has 7 heteroatoms. The quantitative estimate of drug-likeness (QED) is 0.422. The monoisotopic (exact) mass is 367 g/mol. The fraction of sp³-hybridized carbons (Fsp3) is 0.737. The van der Waals surface area contributed by atoms with Crippen LogP contribution in [0, 0.1) is 17.8 Å². The summed E-state index contributed by atoms with van der Waals surface area (Å²) in [6.07, 6.45) is 6.31. The summed E-state index contributed by atoms with van der Waals surface area (Å²) in [5.41, 5.74) is 0. The van der Waals surface area contributed by atoms with Crippen molar-refractivity contribution in [3.63, 3.8) is 0 Å². The van der Waals surface area contributed by atoms with Crippen molar-refractivity contribution in [2.75, 3.05) is 26.9 Å². The van der Waals surface area contributed by atoms with Crippen LogP contribution in [0.3, 0.4) is 0 Å². The first-order valence-electron chi connectivity index (χ1n) is 9.36. The molecule has 0 aromatic carbocycles. The van der Waals surface area contributed by atoms with E-state index in [1.807, 2.05) is 6.08 Å². The lowest BCUT2D eigenvalue weighted by Crippen LogP contribution is -2.55. The van der Waals surface area contributed by atoms with Crippen molar-refractivity contribution in [1.29, 1.82) is 0 Å². The predicted molar refractivity (Wildman–Crippen MR) is 94.2 cm³/mol. The van der Waals surface area contributed by atoms with Gasteiger partial charge in [-0.3, -0.25) is 4.90 Å². The third kappa shape index (κ3) is 4.99. The lowest BCUT2D eigenvalue weighted by atomic mass is 9.69. The Balaban J connectivity index is 2.04. The summed E-state index contributed by atoms with van der Waals surface area (Å²) in [4.78, 5) is 37.4. The number of amides is 1. The Morgan fingerprint density at radius 1 is 1.04 bits per heavy atom. The van der Waals surface area contributed by atoms with Crippen molar-refractivity contribution in [3.8, 4) is 0 Å². The molecule has 2 rings (SSSR count). The Bertz CT molecular complexity index is 546. The zero-order chi connectivity index (χ0) is 19.1. The largest absolute Gasteiger partial charge is 0.464 e. The second-order valence-corrected chi connectivity index (χ2v) is 6.83. The Hall–Kier alpha value is -2.05. The summed E-state index contributed by atoms with van der Waals surface area (Å²) < 4.78 is 14.9. The molecule has 1 saturated heterocycles. The molecule has 0 radical (unpaired) electrons. The SMILES string of the molecule is CCOC(=O)/C=C/C1CC[C@H]2CN(C(=O)OC)[C@H](C(=O)OCC)C[C@H]2C1. The normalized spacial score (nSPS) is 28.3. The molecule has 1 aliphatic carbocycles. The van der Waals surface area contributed by atoms with Gasteiger partial charge < -0.3 is 14.2 Å². The molecule has 0 aromatic heterocycles. The molecule has 1 aliphatic heterocycles. The number of nitrogens with zero attached hydrogens (tertiary/aromatic N) is 1. The van der Waals surface area contributed by atoms with E-state index in [0.29, 0.717) is 31.4 Å². The van der Waals surface area contributed by atoms with Crippen LogP contribution in [0.2, 0.25) is 0 Å². The first-order chi connectivity index (χ1) is 12.5. The van der Waals surface area contributed by atoms with Gasteiger partial charge in [-0.1, -0.05) is 6.08 Å². The minimum atomic E-state index is -0.601. The van der Waals surface area contributed by atoms with Crippen LogP contribution in [0.1, 0.15) is 39.5 Å². The van der Waals surface area contributed by atoms with Crippen molar-refractivity contribution < 1.29 is 28.6 Å². The lowest BCUT2D eigenvalue weighted by Gasteiger charge is -2.45. The van der Waals surface area contributed by atoms with E-state index in [2.05, 4.69) is 0 Å². The van der Waals surface area contributed by atoms with Crippen molar-refractivity contribution >= 4 is 18.0 Å². The first-order valence-corrected chi connectivity index (χ1v) is 9.36. The Labute approximate surface area is 154 Å². The van der Waals surface area contributed by atoms with Gasteiger partial charge in [-0.25, -0.2) is 14.4 Å². The molecule has 146 valence electrons. The number of esters is 2. The maximum Gasteiger partial charge on any atom is 0.410 e. The molecule has 1 amide bonds. The molecule has 1 saturated carbocycles. The highest BCUT2D eigenvalue weighted by Crippen LogP contribution is 2.41. The topological polar surface area (TPSA) is 82.1 Å². The Morgan fingerprint density at radius 3 is 2.42 bits per heavy atom. The predicted octanol–water partition coefficient (Wildman–Crippen LogP) is 2.54. The molecule has 7 nitrogen and oxygen atoms in total. The standard InChI is InChI=1S/C19H29NO6/c1-4-25-17(21)9-7-13-6-8-14-12-20(19(23)24-3)16(11-15(14)10-13)18(22)26-5-2/h7,9,13-16H,4-6,8,10-12H2,1-3H3/b9-7+/t13?,14-,15+,16-/m0/s1. The number of carbonyl (C=O) groups excluding carboxylic acids is 3. The summed E-state index contributed by atoms with van der Waals surface area (Å²) in [6.45, 7) is 4.69. The van der Waals surface area contributed by atoms with Crippen LogP contribution in [-0.4, -0.2) is 55.8 Å². The highest BCUT2D eigenvalue weighted by atomic mass is 16.6. The second-order valence-electron chi connectivity index (χ2n) is 6.83. The van der Waals surface area contributed by atoms with Gasteiger partial charge in [0.2, 0.25) is 0 Å². The molecule has 0 N–H and O–H groups in total. The fourth-order valence-electron chi connectivity index (χ4n) is 4.05. The van der Waals surface area contributed by atoms with Crippen LogP contribution >= 0.6 is 0 Å². The Morgan fingerprint density at radius 2 is 1.77 bits per heavy atom. The van der Waals surface area contributed by atoms with Gasteiger partial charge in [0.1, 0.15) is 6.04 Å². The molecule has 26 heavy (non-hydrogen) atoms. The second kappa shape index (κ2) is 9.59. The number of piperidine rings is 1. The van der Waals surface area contributed by atoms with Crippen LogP contribution in [0.25, 0.3) is 0 Å². The van der Waals surface area contributed by atoms with Crippen LogP contribution < -0.4 is 0 Å². The summed E-state index contributed by atoms with van der Waals surface area (Å²) >= 11 is 0. The van der Waals surface area contributed by atoms with Gasteiger partial charge in [-0.15, -0.1) is 0 Å². The molecule has 1 heterocycles. The van der Waals surface area contributed by atoms with Gasteiger partial charge in [0.15, 0.2) is 0 Å². The highest BCUT2D eigenvalue weighted by Gasteiger charge is 2.44. The van der Waals surface area contributed by atoms with Gasteiger partial charge in [0.25, 0.3) is 0 Å². The molecule has 0 bridgehead atoms. The van der Waals surface area contributed by atoms with Crippen LogP contribution in [0.15, 0.2) is 12.2 Å². The number of hydrogen-bond acceptors (Lipinski definition) is 6. The third-order valence-electron chi connectivity index (χ3n) is 5.27. The summed E-state index contributed by atoms with van der Waals surface area (Å²) in [6, 6.07) is -0.601. The zero-order valence-electron chi connectivity index (χ0n) is 15.8. The van der Waals surface area contributed by atoms with E-state index in [-0.39, 0.29) is 24.5 Å². The van der Waals surface area contributed by atoms with E-state index in [9.17, 15) is 14.4 Å². The molecule has 4 atom stereocenters. The molecule has 0 aromatic rings. The van der Waals surface area contributed by atoms with Crippen LogP contribution in [0.5, 0.6) is 0 Å². The van der Waals surface area contributed by atoms with E-state index < -0.39 is 12.1 Å². The van der Waals surface area contributed by atoms with Crippen molar-refractivity contribution in [2.45, 2.75) is 45.6 Å². The van der Waals surface area contributed by atoms with E-state index in [0.717, 1.165) is 19.3 Å². The van der Waals surface area contributed by atoms with E-state index in [1.165, 1.54) is 18.1 Å². The minimum absolute atomic E-state index is 0.281. The van der Waals surface area contributed by atoms with Crippen LogP contribution in [0.4, 0.5) is 4.79 Å². The molecular weight excluding hydrogens is 338 g/mol. The van der Waals surface area contributed by atoms with E-state index >= 15 is 0 Å². The van der Waals surface area contributed by atoms with E-state index in [1.54, 1.807) is 13.8 Å². The van der Waals surface area contributed by atoms with E-state index in [4.69, 9.17) is 14.2 Å². The fourth-order valence-corrected chi connectivity index (χ4v) is 4.05. The molecular formula is C19H29NO6. The lowest BCUT2D eigenvalue weighted by molar-refractivity contribution is -0.152. The van der Waals surface area contributed by atoms with Gasteiger partial charge in [0.05, 0.1) is 20.3 Å². The number of carbonyl (C=O) groups is 3. The highest BCUT2D eigenvalue weighted by molar-refractivity contribution is 5.82. The number of rotatable bonds is 5. The van der Waals surface area contributed by atoms with Gasteiger partial charge in [-0.2, -0.15) is 0 Å². The van der Waals surface area contributed by atoms with Crippen molar-refractivity contribution in [3.05, 3.63) is 12.2 Å². The minimum Gasteiger partial charge on any atom is -0.464 e. The average Bonchev–Trinajstić information content (AvgIpc) is 2.65.